The van der Waals surface area contributed by atoms with Crippen molar-refractivity contribution in [3.8, 4) is 0 Å². The Hall–Kier alpha value is -0.800. The maximum absolute atomic E-state index is 8.79. The molecule has 0 fully saturated rings. The van der Waals surface area contributed by atoms with Crippen molar-refractivity contribution < 1.29 is 9.52 Å². The summed E-state index contributed by atoms with van der Waals surface area (Å²) in [7, 11) is 0. The Kier molecular flexibility index (Phi) is 3.72. The summed E-state index contributed by atoms with van der Waals surface area (Å²) in [6, 6.07) is 3.69. The standard InChI is InChI=1S/C11H19NO2/c1-11(2,3)8-12-6-9-4-5-10(7-13)14-9/h4-5,12-13H,6-8H2,1-3H3. The van der Waals surface area contributed by atoms with E-state index in [2.05, 4.69) is 26.1 Å². The highest BCUT2D eigenvalue weighted by Crippen LogP contribution is 2.12. The van der Waals surface area contributed by atoms with Crippen LogP contribution in [0.15, 0.2) is 16.5 Å². The van der Waals surface area contributed by atoms with E-state index in [0.717, 1.165) is 18.8 Å². The van der Waals surface area contributed by atoms with Crippen LogP contribution in [0.25, 0.3) is 0 Å². The topological polar surface area (TPSA) is 45.4 Å². The third-order valence-corrected chi connectivity index (χ3v) is 1.83. The van der Waals surface area contributed by atoms with Crippen LogP contribution in [0.4, 0.5) is 0 Å². The third kappa shape index (κ3) is 3.94. The van der Waals surface area contributed by atoms with Crippen molar-refractivity contribution in [2.45, 2.75) is 33.9 Å². The summed E-state index contributed by atoms with van der Waals surface area (Å²) in [4.78, 5) is 0. The molecule has 0 bridgehead atoms. The Balaban J connectivity index is 2.31. The van der Waals surface area contributed by atoms with Crippen LogP contribution in [0.3, 0.4) is 0 Å². The van der Waals surface area contributed by atoms with Crippen molar-refractivity contribution in [1.29, 1.82) is 0 Å². The number of nitrogens with one attached hydrogen (secondary N) is 1. The quantitative estimate of drug-likeness (QED) is 0.775. The van der Waals surface area contributed by atoms with E-state index < -0.39 is 0 Å². The van der Waals surface area contributed by atoms with Gasteiger partial charge in [0.25, 0.3) is 0 Å². The first-order valence-electron chi connectivity index (χ1n) is 4.90. The Labute approximate surface area is 85.1 Å². The molecule has 0 spiro atoms. The number of aliphatic hydroxyl groups excluding tert-OH is 1. The molecular weight excluding hydrogens is 178 g/mol. The van der Waals surface area contributed by atoms with Crippen LogP contribution in [0.5, 0.6) is 0 Å². The molecule has 0 unspecified atom stereocenters. The molecule has 14 heavy (non-hydrogen) atoms. The SMILES string of the molecule is CC(C)(C)CNCc1ccc(CO)o1. The minimum absolute atomic E-state index is 0.0285. The molecule has 1 heterocycles. The van der Waals surface area contributed by atoms with Gasteiger partial charge in [-0.15, -0.1) is 0 Å². The van der Waals surface area contributed by atoms with E-state index in [1.807, 2.05) is 6.07 Å². The largest absolute Gasteiger partial charge is 0.462 e. The molecular formula is C11H19NO2. The van der Waals surface area contributed by atoms with Gasteiger partial charge >= 0.3 is 0 Å². The molecule has 80 valence electrons. The number of furan rings is 1. The Morgan fingerprint density at radius 3 is 2.43 bits per heavy atom. The van der Waals surface area contributed by atoms with Gasteiger partial charge in [-0.05, 0) is 17.5 Å². The van der Waals surface area contributed by atoms with E-state index in [0.29, 0.717) is 5.76 Å². The van der Waals surface area contributed by atoms with Crippen LogP contribution < -0.4 is 5.32 Å². The second-order valence-corrected chi connectivity index (χ2v) is 4.69. The number of hydrogen-bond donors (Lipinski definition) is 2. The first-order valence-corrected chi connectivity index (χ1v) is 4.90. The van der Waals surface area contributed by atoms with Crippen molar-refractivity contribution in [2.24, 2.45) is 5.41 Å². The van der Waals surface area contributed by atoms with Crippen LogP contribution in [0.1, 0.15) is 32.3 Å². The lowest BCUT2D eigenvalue weighted by Gasteiger charge is -2.18. The summed E-state index contributed by atoms with van der Waals surface area (Å²) < 4.78 is 5.34. The number of hydrogen-bond acceptors (Lipinski definition) is 3. The lowest BCUT2D eigenvalue weighted by molar-refractivity contribution is 0.242. The third-order valence-electron chi connectivity index (χ3n) is 1.83. The molecule has 0 radical (unpaired) electrons. The Morgan fingerprint density at radius 2 is 1.93 bits per heavy atom. The van der Waals surface area contributed by atoms with Gasteiger partial charge < -0.3 is 14.8 Å². The smallest absolute Gasteiger partial charge is 0.129 e. The summed E-state index contributed by atoms with van der Waals surface area (Å²) in [5.74, 6) is 1.50. The molecule has 1 aromatic rings. The van der Waals surface area contributed by atoms with Crippen molar-refractivity contribution >= 4 is 0 Å². The zero-order valence-electron chi connectivity index (χ0n) is 9.13. The van der Waals surface area contributed by atoms with E-state index in [9.17, 15) is 0 Å². The summed E-state index contributed by atoms with van der Waals surface area (Å²) >= 11 is 0. The van der Waals surface area contributed by atoms with E-state index >= 15 is 0 Å². The van der Waals surface area contributed by atoms with Gasteiger partial charge in [-0.3, -0.25) is 0 Å². The minimum Gasteiger partial charge on any atom is -0.462 e. The summed E-state index contributed by atoms with van der Waals surface area (Å²) in [5.41, 5.74) is 0.284. The zero-order valence-corrected chi connectivity index (χ0v) is 9.13. The molecule has 3 nitrogen and oxygen atoms in total. The van der Waals surface area contributed by atoms with E-state index in [1.54, 1.807) is 6.07 Å². The second kappa shape index (κ2) is 4.62. The fourth-order valence-corrected chi connectivity index (χ4v) is 1.16. The molecule has 0 atom stereocenters. The highest BCUT2D eigenvalue weighted by molar-refractivity contribution is 5.06. The fraction of sp³-hybridized carbons (Fsp3) is 0.636. The molecule has 3 heteroatoms. The molecule has 0 amide bonds. The fourth-order valence-electron chi connectivity index (χ4n) is 1.16. The summed E-state index contributed by atoms with van der Waals surface area (Å²) in [6.07, 6.45) is 0. The van der Waals surface area contributed by atoms with E-state index in [-0.39, 0.29) is 12.0 Å². The average molecular weight is 197 g/mol. The molecule has 1 aromatic heterocycles. The van der Waals surface area contributed by atoms with Gasteiger partial charge in [-0.25, -0.2) is 0 Å². The molecule has 0 aliphatic carbocycles. The first-order chi connectivity index (χ1) is 6.51. The van der Waals surface area contributed by atoms with Gasteiger partial charge in [0.1, 0.15) is 18.1 Å². The predicted molar refractivity (Wildman–Crippen MR) is 55.8 cm³/mol. The van der Waals surface area contributed by atoms with Crippen molar-refractivity contribution in [3.05, 3.63) is 23.7 Å². The highest BCUT2D eigenvalue weighted by atomic mass is 16.4. The van der Waals surface area contributed by atoms with Gasteiger partial charge in [0.05, 0.1) is 6.54 Å². The van der Waals surface area contributed by atoms with Crippen LogP contribution >= 0.6 is 0 Å². The van der Waals surface area contributed by atoms with Gasteiger partial charge in [0, 0.05) is 6.54 Å². The van der Waals surface area contributed by atoms with Crippen LogP contribution in [-0.4, -0.2) is 11.7 Å². The Bertz CT molecular complexity index is 273. The molecule has 0 aromatic carbocycles. The Morgan fingerprint density at radius 1 is 1.29 bits per heavy atom. The number of rotatable bonds is 4. The van der Waals surface area contributed by atoms with Gasteiger partial charge in [-0.1, -0.05) is 20.8 Å². The van der Waals surface area contributed by atoms with Gasteiger partial charge in [0.2, 0.25) is 0 Å². The number of aliphatic hydroxyl groups is 1. The molecule has 0 aliphatic heterocycles. The molecule has 0 saturated carbocycles. The monoisotopic (exact) mass is 197 g/mol. The van der Waals surface area contributed by atoms with E-state index in [4.69, 9.17) is 9.52 Å². The maximum Gasteiger partial charge on any atom is 0.129 e. The minimum atomic E-state index is -0.0285. The molecule has 0 saturated heterocycles. The normalized spacial score (nSPS) is 12.0. The average Bonchev–Trinajstić information content (AvgIpc) is 2.50. The molecule has 2 N–H and O–H groups in total. The zero-order chi connectivity index (χ0) is 10.6. The van der Waals surface area contributed by atoms with Crippen LogP contribution in [0.2, 0.25) is 0 Å². The first kappa shape index (κ1) is 11.3. The summed E-state index contributed by atoms with van der Waals surface area (Å²) in [5, 5.41) is 12.1. The molecule has 0 aliphatic rings. The summed E-state index contributed by atoms with van der Waals surface area (Å²) in [6.45, 7) is 8.18. The van der Waals surface area contributed by atoms with Gasteiger partial charge in [-0.2, -0.15) is 0 Å². The predicted octanol–water partition coefficient (Wildman–Crippen LogP) is 1.91. The lowest BCUT2D eigenvalue weighted by Crippen LogP contribution is -2.26. The van der Waals surface area contributed by atoms with E-state index in [1.165, 1.54) is 0 Å². The van der Waals surface area contributed by atoms with Crippen molar-refractivity contribution in [3.63, 3.8) is 0 Å². The van der Waals surface area contributed by atoms with Crippen LogP contribution in [0, 0.1) is 5.41 Å². The van der Waals surface area contributed by atoms with Crippen molar-refractivity contribution in [2.75, 3.05) is 6.54 Å². The van der Waals surface area contributed by atoms with Crippen molar-refractivity contribution in [1.82, 2.24) is 5.32 Å². The van der Waals surface area contributed by atoms with Gasteiger partial charge in [0.15, 0.2) is 0 Å². The van der Waals surface area contributed by atoms with Crippen LogP contribution in [-0.2, 0) is 13.2 Å². The highest BCUT2D eigenvalue weighted by Gasteiger charge is 2.09. The maximum atomic E-state index is 8.79. The lowest BCUT2D eigenvalue weighted by atomic mass is 9.97. The second-order valence-electron chi connectivity index (χ2n) is 4.69. The molecule has 1 rings (SSSR count).